The van der Waals surface area contributed by atoms with Crippen LogP contribution < -0.4 is 0 Å². The summed E-state index contributed by atoms with van der Waals surface area (Å²) in [7, 11) is 0. The minimum Gasteiger partial charge on any atom is -0.227 e. The minimum atomic E-state index is -0.00805. The highest BCUT2D eigenvalue weighted by molar-refractivity contribution is 6.09. The Morgan fingerprint density at radius 1 is 0.487 bits per heavy atom. The number of benzene rings is 6. The van der Waals surface area contributed by atoms with E-state index in [2.05, 4.69) is 129 Å². The van der Waals surface area contributed by atoms with Gasteiger partial charge in [0, 0.05) is 27.3 Å². The molecule has 2 nitrogen and oxygen atoms in total. The van der Waals surface area contributed by atoms with Gasteiger partial charge in [0.1, 0.15) is 0 Å². The molecule has 0 spiro atoms. The summed E-state index contributed by atoms with van der Waals surface area (Å²) in [5.74, 6) is 0.751. The van der Waals surface area contributed by atoms with E-state index in [9.17, 15) is 0 Å². The predicted molar refractivity (Wildman–Crippen MR) is 163 cm³/mol. The highest BCUT2D eigenvalue weighted by Gasteiger charge is 2.35. The van der Waals surface area contributed by atoms with Crippen LogP contribution >= 0.6 is 0 Å². The third-order valence-corrected chi connectivity index (χ3v) is 8.44. The van der Waals surface area contributed by atoms with Gasteiger partial charge >= 0.3 is 0 Å². The average molecular weight is 499 g/mol. The lowest BCUT2D eigenvalue weighted by atomic mass is 9.82. The van der Waals surface area contributed by atoms with Crippen LogP contribution in [0, 0.1) is 0 Å². The van der Waals surface area contributed by atoms with Crippen LogP contribution in [-0.2, 0) is 5.41 Å². The lowest BCUT2D eigenvalue weighted by Gasteiger charge is -2.21. The molecule has 8 rings (SSSR count). The number of hydrogen-bond donors (Lipinski definition) is 0. The molecule has 0 saturated carbocycles. The van der Waals surface area contributed by atoms with Gasteiger partial charge in [-0.25, -0.2) is 9.97 Å². The van der Waals surface area contributed by atoms with E-state index in [1.807, 2.05) is 6.07 Å². The molecule has 0 radical (unpaired) electrons. The summed E-state index contributed by atoms with van der Waals surface area (Å²) < 4.78 is 0. The SMILES string of the molecule is CC1(C)c2ccccc2-c2cc3cc(-c4nc(-c5ccccc5)c5ccc6ccccc6c5n4)ccc3cc21. The average Bonchev–Trinajstić information content (AvgIpc) is 3.21. The molecular weight excluding hydrogens is 472 g/mol. The van der Waals surface area contributed by atoms with E-state index in [0.29, 0.717) is 0 Å². The van der Waals surface area contributed by atoms with Crippen molar-refractivity contribution in [2.45, 2.75) is 19.3 Å². The number of aromatic nitrogens is 2. The summed E-state index contributed by atoms with van der Waals surface area (Å²) in [5.41, 5.74) is 9.52. The van der Waals surface area contributed by atoms with E-state index in [-0.39, 0.29) is 5.41 Å². The second-order valence-corrected chi connectivity index (χ2v) is 11.1. The Hall–Kier alpha value is -4.82. The fourth-order valence-electron chi connectivity index (χ4n) is 6.39. The van der Waals surface area contributed by atoms with E-state index in [1.165, 1.54) is 38.4 Å². The van der Waals surface area contributed by atoms with Crippen LogP contribution in [0.2, 0.25) is 0 Å². The fourth-order valence-corrected chi connectivity index (χ4v) is 6.39. The first-order valence-electron chi connectivity index (χ1n) is 13.5. The molecule has 0 saturated heterocycles. The molecule has 1 heterocycles. The van der Waals surface area contributed by atoms with Crippen LogP contribution in [0.15, 0.2) is 121 Å². The second kappa shape index (κ2) is 8.09. The number of nitrogens with zero attached hydrogens (tertiary/aromatic N) is 2. The summed E-state index contributed by atoms with van der Waals surface area (Å²) in [4.78, 5) is 10.4. The van der Waals surface area contributed by atoms with Crippen molar-refractivity contribution in [3.63, 3.8) is 0 Å². The van der Waals surface area contributed by atoms with Crippen molar-refractivity contribution in [1.29, 1.82) is 0 Å². The maximum atomic E-state index is 5.19. The zero-order valence-electron chi connectivity index (χ0n) is 21.9. The van der Waals surface area contributed by atoms with E-state index in [1.54, 1.807) is 0 Å². The Morgan fingerprint density at radius 3 is 2.15 bits per heavy atom. The van der Waals surface area contributed by atoms with Gasteiger partial charge in [-0.1, -0.05) is 111 Å². The van der Waals surface area contributed by atoms with Gasteiger partial charge in [0.05, 0.1) is 11.2 Å². The number of rotatable bonds is 2. The monoisotopic (exact) mass is 498 g/mol. The molecule has 0 unspecified atom stereocenters. The van der Waals surface area contributed by atoms with E-state index in [4.69, 9.17) is 9.97 Å². The predicted octanol–water partition coefficient (Wildman–Crippen LogP) is 9.58. The molecule has 6 aromatic carbocycles. The maximum absolute atomic E-state index is 5.19. The van der Waals surface area contributed by atoms with E-state index < -0.39 is 0 Å². The van der Waals surface area contributed by atoms with Gasteiger partial charge in [0.2, 0.25) is 0 Å². The lowest BCUT2D eigenvalue weighted by Crippen LogP contribution is -2.14. The standard InChI is InChI=1S/C37H26N2/c1-37(2)32-15-9-8-14-29(32)31-21-27-20-26(17-16-25(27)22-33(31)37)36-38-34(24-11-4-3-5-12-24)30-19-18-23-10-6-7-13-28(23)35(30)39-36/h3-22H,1-2H3. The van der Waals surface area contributed by atoms with Crippen LogP contribution in [0.4, 0.5) is 0 Å². The minimum absolute atomic E-state index is 0.00805. The molecule has 0 fully saturated rings. The van der Waals surface area contributed by atoms with Gasteiger partial charge in [-0.15, -0.1) is 0 Å². The van der Waals surface area contributed by atoms with E-state index in [0.717, 1.165) is 38.9 Å². The van der Waals surface area contributed by atoms with Crippen LogP contribution in [0.5, 0.6) is 0 Å². The maximum Gasteiger partial charge on any atom is 0.160 e. The molecule has 0 N–H and O–H groups in total. The van der Waals surface area contributed by atoms with Gasteiger partial charge in [-0.05, 0) is 62.7 Å². The highest BCUT2D eigenvalue weighted by atomic mass is 14.9. The highest BCUT2D eigenvalue weighted by Crippen LogP contribution is 2.49. The Balaban J connectivity index is 1.38. The van der Waals surface area contributed by atoms with E-state index >= 15 is 0 Å². The summed E-state index contributed by atoms with van der Waals surface area (Å²) in [5, 5.41) is 5.85. The van der Waals surface area contributed by atoms with Crippen molar-refractivity contribution in [2.75, 3.05) is 0 Å². The molecule has 1 aromatic heterocycles. The zero-order valence-corrected chi connectivity index (χ0v) is 21.9. The first-order valence-corrected chi connectivity index (χ1v) is 13.5. The van der Waals surface area contributed by atoms with Crippen molar-refractivity contribution in [3.05, 3.63) is 132 Å². The van der Waals surface area contributed by atoms with Crippen LogP contribution in [0.3, 0.4) is 0 Å². The smallest absolute Gasteiger partial charge is 0.160 e. The van der Waals surface area contributed by atoms with Crippen LogP contribution in [0.25, 0.3) is 66.2 Å². The molecule has 7 aromatic rings. The van der Waals surface area contributed by atoms with Crippen LogP contribution in [-0.4, -0.2) is 9.97 Å². The Bertz CT molecular complexity index is 2090. The lowest BCUT2D eigenvalue weighted by molar-refractivity contribution is 0.661. The number of hydrogen-bond acceptors (Lipinski definition) is 2. The number of fused-ring (bicyclic) bond motifs is 7. The Morgan fingerprint density at radius 2 is 1.26 bits per heavy atom. The van der Waals surface area contributed by atoms with Gasteiger partial charge < -0.3 is 0 Å². The van der Waals surface area contributed by atoms with Gasteiger partial charge in [-0.3, -0.25) is 0 Å². The summed E-state index contributed by atoms with van der Waals surface area (Å²) in [6.45, 7) is 4.66. The first-order chi connectivity index (χ1) is 19.1. The van der Waals surface area contributed by atoms with Crippen molar-refractivity contribution in [1.82, 2.24) is 9.97 Å². The second-order valence-electron chi connectivity index (χ2n) is 11.1. The molecule has 1 aliphatic carbocycles. The fraction of sp³-hybridized carbons (Fsp3) is 0.0811. The molecule has 0 atom stereocenters. The van der Waals surface area contributed by atoms with Crippen molar-refractivity contribution >= 4 is 32.4 Å². The molecule has 0 bridgehead atoms. The van der Waals surface area contributed by atoms with Crippen molar-refractivity contribution < 1.29 is 0 Å². The third kappa shape index (κ3) is 3.28. The van der Waals surface area contributed by atoms with Gasteiger partial charge in [0.15, 0.2) is 5.82 Å². The molecular formula is C37H26N2. The molecule has 0 amide bonds. The quantitative estimate of drug-likeness (QED) is 0.222. The molecule has 184 valence electrons. The molecule has 2 heteroatoms. The Labute approximate surface area is 227 Å². The van der Waals surface area contributed by atoms with Gasteiger partial charge in [0.25, 0.3) is 0 Å². The summed E-state index contributed by atoms with van der Waals surface area (Å²) in [6, 6.07) is 43.4. The van der Waals surface area contributed by atoms with Gasteiger partial charge in [-0.2, -0.15) is 0 Å². The topological polar surface area (TPSA) is 25.8 Å². The zero-order chi connectivity index (χ0) is 26.1. The van der Waals surface area contributed by atoms with Crippen LogP contribution in [0.1, 0.15) is 25.0 Å². The third-order valence-electron chi connectivity index (χ3n) is 8.44. The largest absolute Gasteiger partial charge is 0.227 e. The Kier molecular flexibility index (Phi) is 4.60. The summed E-state index contributed by atoms with van der Waals surface area (Å²) >= 11 is 0. The normalized spacial score (nSPS) is 13.6. The van der Waals surface area contributed by atoms with Crippen molar-refractivity contribution in [2.24, 2.45) is 0 Å². The van der Waals surface area contributed by atoms with Crippen molar-refractivity contribution in [3.8, 4) is 33.8 Å². The molecule has 1 aliphatic rings. The molecule has 39 heavy (non-hydrogen) atoms. The summed E-state index contributed by atoms with van der Waals surface area (Å²) in [6.07, 6.45) is 0. The molecule has 0 aliphatic heterocycles. The first kappa shape index (κ1) is 22.2.